The average molecular weight is 446 g/mol. The van der Waals surface area contributed by atoms with Gasteiger partial charge in [0, 0.05) is 26.2 Å². The van der Waals surface area contributed by atoms with Gasteiger partial charge < -0.3 is 5.32 Å². The summed E-state index contributed by atoms with van der Waals surface area (Å²) >= 11 is 12.0. The average Bonchev–Trinajstić information content (AvgIpc) is 2.66. The van der Waals surface area contributed by atoms with Gasteiger partial charge in [0.05, 0.1) is 22.3 Å². The van der Waals surface area contributed by atoms with Gasteiger partial charge in [0.2, 0.25) is 15.9 Å². The highest BCUT2D eigenvalue weighted by molar-refractivity contribution is 7.89. The lowest BCUT2D eigenvalue weighted by Gasteiger charge is -2.33. The zero-order chi connectivity index (χ0) is 20.3. The molecule has 28 heavy (non-hydrogen) atoms. The summed E-state index contributed by atoms with van der Waals surface area (Å²) < 4.78 is 40.3. The van der Waals surface area contributed by atoms with Crippen LogP contribution >= 0.6 is 23.2 Å². The van der Waals surface area contributed by atoms with Gasteiger partial charge in [-0.15, -0.1) is 0 Å². The first-order chi connectivity index (χ1) is 13.3. The van der Waals surface area contributed by atoms with Crippen LogP contribution in [0, 0.1) is 5.82 Å². The van der Waals surface area contributed by atoms with Crippen molar-refractivity contribution in [2.45, 2.75) is 4.90 Å². The number of benzene rings is 2. The van der Waals surface area contributed by atoms with Crippen molar-refractivity contribution in [3.63, 3.8) is 0 Å². The molecule has 0 bridgehead atoms. The number of carbonyl (C=O) groups excluding carboxylic acids is 1. The Balaban J connectivity index is 1.57. The molecule has 150 valence electrons. The molecule has 1 heterocycles. The van der Waals surface area contributed by atoms with Gasteiger partial charge in [-0.1, -0.05) is 41.4 Å². The number of carbonyl (C=O) groups is 1. The number of hydrogen-bond acceptors (Lipinski definition) is 4. The summed E-state index contributed by atoms with van der Waals surface area (Å²) in [7, 11) is -3.90. The van der Waals surface area contributed by atoms with Gasteiger partial charge in [0.15, 0.2) is 0 Å². The van der Waals surface area contributed by atoms with E-state index in [4.69, 9.17) is 23.2 Å². The van der Waals surface area contributed by atoms with Crippen LogP contribution in [0.2, 0.25) is 10.0 Å². The number of sulfonamides is 1. The molecule has 0 atom stereocenters. The van der Waals surface area contributed by atoms with Gasteiger partial charge in [-0.05, 0) is 24.3 Å². The van der Waals surface area contributed by atoms with Crippen molar-refractivity contribution in [3.8, 4) is 0 Å². The Morgan fingerprint density at radius 2 is 1.71 bits per heavy atom. The first-order valence-electron chi connectivity index (χ1n) is 8.50. The van der Waals surface area contributed by atoms with E-state index < -0.39 is 15.8 Å². The number of hydrogen-bond donors (Lipinski definition) is 1. The van der Waals surface area contributed by atoms with Gasteiger partial charge in [-0.3, -0.25) is 9.69 Å². The molecule has 0 saturated carbocycles. The van der Waals surface area contributed by atoms with Crippen LogP contribution in [-0.4, -0.2) is 56.3 Å². The van der Waals surface area contributed by atoms with Crippen molar-refractivity contribution in [1.29, 1.82) is 0 Å². The van der Waals surface area contributed by atoms with Crippen LogP contribution < -0.4 is 5.32 Å². The third kappa shape index (κ3) is 4.64. The summed E-state index contributed by atoms with van der Waals surface area (Å²) in [5, 5.41) is 3.30. The van der Waals surface area contributed by atoms with Gasteiger partial charge in [0.1, 0.15) is 10.7 Å². The van der Waals surface area contributed by atoms with Gasteiger partial charge in [-0.2, -0.15) is 4.31 Å². The predicted octanol–water partition coefficient (Wildman–Crippen LogP) is 3.08. The van der Waals surface area contributed by atoms with Gasteiger partial charge >= 0.3 is 0 Å². The summed E-state index contributed by atoms with van der Waals surface area (Å²) in [5.74, 6) is -1.06. The Bertz CT molecular complexity index is 980. The van der Waals surface area contributed by atoms with E-state index in [-0.39, 0.29) is 35.5 Å². The second-order valence-electron chi connectivity index (χ2n) is 6.26. The van der Waals surface area contributed by atoms with Crippen molar-refractivity contribution in [2.75, 3.05) is 38.0 Å². The van der Waals surface area contributed by atoms with Gasteiger partial charge in [-0.25, -0.2) is 12.8 Å². The molecule has 10 heteroatoms. The summed E-state index contributed by atoms with van der Waals surface area (Å²) in [4.78, 5) is 13.7. The Kier molecular flexibility index (Phi) is 6.57. The van der Waals surface area contributed by atoms with Crippen LogP contribution in [0.1, 0.15) is 0 Å². The largest absolute Gasteiger partial charge is 0.324 e. The highest BCUT2D eigenvalue weighted by atomic mass is 35.5. The molecule has 1 saturated heterocycles. The summed E-state index contributed by atoms with van der Waals surface area (Å²) in [6.07, 6.45) is 0. The maximum Gasteiger partial charge on any atom is 0.246 e. The number of rotatable bonds is 5. The van der Waals surface area contributed by atoms with E-state index in [1.54, 1.807) is 18.2 Å². The highest BCUT2D eigenvalue weighted by Gasteiger charge is 2.30. The summed E-state index contributed by atoms with van der Waals surface area (Å²) in [5.41, 5.74) is 0.417. The lowest BCUT2D eigenvalue weighted by molar-refractivity contribution is -0.117. The SMILES string of the molecule is O=C(CN1CCN(S(=O)(=O)c2ccccc2F)CC1)Nc1cccc(Cl)c1Cl. The Morgan fingerprint density at radius 1 is 1.04 bits per heavy atom. The molecule has 1 fully saturated rings. The molecule has 1 amide bonds. The Morgan fingerprint density at radius 3 is 2.39 bits per heavy atom. The normalized spacial score (nSPS) is 16.1. The van der Waals surface area contributed by atoms with Crippen LogP contribution in [0.3, 0.4) is 0 Å². The smallest absolute Gasteiger partial charge is 0.246 e. The maximum absolute atomic E-state index is 13.9. The van der Waals surface area contributed by atoms with Crippen molar-refractivity contribution in [3.05, 3.63) is 58.3 Å². The van der Waals surface area contributed by atoms with Crippen molar-refractivity contribution >= 4 is 44.8 Å². The van der Waals surface area contributed by atoms with Crippen LogP contribution in [0.15, 0.2) is 47.4 Å². The minimum Gasteiger partial charge on any atom is -0.324 e. The fourth-order valence-electron chi connectivity index (χ4n) is 2.91. The van der Waals surface area contributed by atoms with Crippen LogP contribution in [-0.2, 0) is 14.8 Å². The first kappa shape index (κ1) is 21.0. The maximum atomic E-state index is 13.9. The van der Waals surface area contributed by atoms with Crippen molar-refractivity contribution in [1.82, 2.24) is 9.21 Å². The molecule has 6 nitrogen and oxygen atoms in total. The van der Waals surface area contributed by atoms with E-state index in [2.05, 4.69) is 5.32 Å². The molecule has 0 spiro atoms. The van der Waals surface area contributed by atoms with E-state index in [9.17, 15) is 17.6 Å². The third-order valence-corrected chi connectivity index (χ3v) is 7.13. The molecule has 0 aliphatic carbocycles. The summed E-state index contributed by atoms with van der Waals surface area (Å²) in [6, 6.07) is 10.2. The molecule has 0 unspecified atom stereocenters. The number of nitrogens with one attached hydrogen (secondary N) is 1. The van der Waals surface area contributed by atoms with E-state index in [1.165, 1.54) is 22.5 Å². The second-order valence-corrected chi connectivity index (χ2v) is 8.95. The minimum absolute atomic E-state index is 0.0798. The molecule has 1 aliphatic rings. The summed E-state index contributed by atoms with van der Waals surface area (Å²) in [6.45, 7) is 1.12. The Labute approximate surface area is 172 Å². The third-order valence-electron chi connectivity index (χ3n) is 4.38. The monoisotopic (exact) mass is 445 g/mol. The number of halogens is 3. The predicted molar refractivity (Wildman–Crippen MR) is 107 cm³/mol. The molecule has 0 radical (unpaired) electrons. The van der Waals surface area contributed by atoms with E-state index >= 15 is 0 Å². The molecule has 1 aliphatic heterocycles. The number of amides is 1. The molecule has 2 aromatic carbocycles. The molecule has 0 aromatic heterocycles. The van der Waals surface area contributed by atoms with Gasteiger partial charge in [0.25, 0.3) is 0 Å². The second kappa shape index (κ2) is 8.75. The zero-order valence-electron chi connectivity index (χ0n) is 14.7. The number of nitrogens with zero attached hydrogens (tertiary/aromatic N) is 2. The lowest BCUT2D eigenvalue weighted by atomic mass is 10.3. The molecular formula is C18H18Cl2FN3O3S. The molecular weight excluding hydrogens is 428 g/mol. The fourth-order valence-corrected chi connectivity index (χ4v) is 4.75. The fraction of sp³-hybridized carbons (Fsp3) is 0.278. The lowest BCUT2D eigenvalue weighted by Crippen LogP contribution is -2.50. The highest BCUT2D eigenvalue weighted by Crippen LogP contribution is 2.29. The molecule has 1 N–H and O–H groups in total. The zero-order valence-corrected chi connectivity index (χ0v) is 17.1. The topological polar surface area (TPSA) is 69.7 Å². The first-order valence-corrected chi connectivity index (χ1v) is 10.7. The Hall–Kier alpha value is -1.71. The minimum atomic E-state index is -3.90. The van der Waals surface area contributed by atoms with Crippen LogP contribution in [0.4, 0.5) is 10.1 Å². The van der Waals surface area contributed by atoms with Crippen LogP contribution in [0.5, 0.6) is 0 Å². The molecule has 3 rings (SSSR count). The van der Waals surface area contributed by atoms with E-state index in [1.807, 2.05) is 4.90 Å². The quantitative estimate of drug-likeness (QED) is 0.767. The van der Waals surface area contributed by atoms with E-state index in [0.29, 0.717) is 23.8 Å². The van der Waals surface area contributed by atoms with Crippen molar-refractivity contribution < 1.29 is 17.6 Å². The molecule has 2 aromatic rings. The van der Waals surface area contributed by atoms with E-state index in [0.717, 1.165) is 6.07 Å². The van der Waals surface area contributed by atoms with Crippen LogP contribution in [0.25, 0.3) is 0 Å². The number of piperazine rings is 1. The number of anilines is 1. The van der Waals surface area contributed by atoms with Crippen molar-refractivity contribution in [2.24, 2.45) is 0 Å². The standard InChI is InChI=1S/C18H18Cl2FN3O3S/c19-13-4-3-6-15(18(13)20)22-17(25)12-23-8-10-24(11-9-23)28(26,27)16-7-2-1-5-14(16)21/h1-7H,8-12H2,(H,22,25).